The van der Waals surface area contributed by atoms with E-state index >= 15 is 0 Å². The smallest absolute Gasteiger partial charge is 0.408 e. The summed E-state index contributed by atoms with van der Waals surface area (Å²) in [4.78, 5) is 40.3. The second-order valence-corrected chi connectivity index (χ2v) is 9.54. The number of amides is 3. The number of rotatable bonds is 12. The van der Waals surface area contributed by atoms with Gasteiger partial charge in [0, 0.05) is 13.1 Å². The molecule has 0 saturated carbocycles. The maximum atomic E-state index is 13.3. The Labute approximate surface area is 199 Å². The van der Waals surface area contributed by atoms with Crippen molar-refractivity contribution in [1.29, 1.82) is 0 Å². The van der Waals surface area contributed by atoms with Crippen molar-refractivity contribution in [3.8, 4) is 0 Å². The van der Waals surface area contributed by atoms with Gasteiger partial charge in [-0.15, -0.1) is 0 Å². The molecule has 186 valence electrons. The summed E-state index contributed by atoms with van der Waals surface area (Å²) in [6.45, 7) is 14.2. The van der Waals surface area contributed by atoms with E-state index in [1.807, 2.05) is 32.0 Å². The van der Waals surface area contributed by atoms with E-state index in [2.05, 4.69) is 24.5 Å². The molecule has 0 heterocycles. The van der Waals surface area contributed by atoms with Gasteiger partial charge in [0.15, 0.2) is 0 Å². The van der Waals surface area contributed by atoms with Crippen molar-refractivity contribution < 1.29 is 19.1 Å². The van der Waals surface area contributed by atoms with Gasteiger partial charge >= 0.3 is 6.09 Å². The predicted octanol–water partition coefficient (Wildman–Crippen LogP) is 4.80. The van der Waals surface area contributed by atoms with Crippen molar-refractivity contribution in [3.05, 3.63) is 34.9 Å². The first-order valence-electron chi connectivity index (χ1n) is 12.1. The van der Waals surface area contributed by atoms with E-state index in [1.165, 1.54) is 0 Å². The Hall–Kier alpha value is -2.57. The molecule has 1 unspecified atom stereocenters. The number of hydrogen-bond acceptors (Lipinski definition) is 4. The summed E-state index contributed by atoms with van der Waals surface area (Å²) in [5, 5.41) is 5.54. The molecule has 0 spiro atoms. The first kappa shape index (κ1) is 28.5. The van der Waals surface area contributed by atoms with Crippen molar-refractivity contribution in [2.75, 3.05) is 19.6 Å². The van der Waals surface area contributed by atoms with Crippen molar-refractivity contribution >= 4 is 17.9 Å². The van der Waals surface area contributed by atoms with Crippen LogP contribution in [-0.2, 0) is 14.3 Å². The van der Waals surface area contributed by atoms with Crippen LogP contribution < -0.4 is 10.6 Å². The molecule has 0 aromatic heterocycles. The number of aryl methyl sites for hydroxylation is 2. The molecule has 7 heteroatoms. The van der Waals surface area contributed by atoms with Gasteiger partial charge in [0.25, 0.3) is 0 Å². The highest BCUT2D eigenvalue weighted by Gasteiger charge is 2.31. The van der Waals surface area contributed by atoms with Crippen LogP contribution in [0.4, 0.5) is 4.79 Å². The van der Waals surface area contributed by atoms with Gasteiger partial charge < -0.3 is 20.3 Å². The number of nitrogens with one attached hydrogen (secondary N) is 2. The summed E-state index contributed by atoms with van der Waals surface area (Å²) >= 11 is 0. The van der Waals surface area contributed by atoms with Crippen LogP contribution in [-0.4, -0.2) is 48.0 Å². The van der Waals surface area contributed by atoms with Crippen LogP contribution in [0, 0.1) is 13.8 Å². The van der Waals surface area contributed by atoms with E-state index in [4.69, 9.17) is 4.74 Å². The molecule has 0 saturated heterocycles. The van der Waals surface area contributed by atoms with Gasteiger partial charge in [0.1, 0.15) is 18.2 Å². The molecule has 7 nitrogen and oxygen atoms in total. The van der Waals surface area contributed by atoms with E-state index in [9.17, 15) is 14.4 Å². The van der Waals surface area contributed by atoms with E-state index in [0.717, 1.165) is 48.8 Å². The molecule has 1 atom stereocenters. The maximum Gasteiger partial charge on any atom is 0.408 e. The zero-order valence-electron chi connectivity index (χ0n) is 21.5. The molecular weight excluding hydrogens is 418 g/mol. The monoisotopic (exact) mass is 461 g/mol. The molecular formula is C26H43N3O4. The van der Waals surface area contributed by atoms with Crippen molar-refractivity contribution in [3.63, 3.8) is 0 Å². The van der Waals surface area contributed by atoms with Gasteiger partial charge in [-0.1, -0.05) is 51.3 Å². The second-order valence-electron chi connectivity index (χ2n) is 9.54. The van der Waals surface area contributed by atoms with Crippen LogP contribution in [0.3, 0.4) is 0 Å². The SMILES string of the molecule is CCCCCN(C(=O)CNC(=O)OC(C)(C)C)C(C(=O)NCCCC)c1ccc(C)c(C)c1. The Bertz CT molecular complexity index is 786. The van der Waals surface area contributed by atoms with Crippen LogP contribution in [0.2, 0.25) is 0 Å². The highest BCUT2D eigenvalue weighted by Crippen LogP contribution is 2.25. The van der Waals surface area contributed by atoms with Crippen molar-refractivity contribution in [2.24, 2.45) is 0 Å². The van der Waals surface area contributed by atoms with Crippen LogP contribution >= 0.6 is 0 Å². The number of alkyl carbamates (subject to hydrolysis) is 1. The fourth-order valence-electron chi connectivity index (χ4n) is 3.39. The number of nitrogens with zero attached hydrogens (tertiary/aromatic N) is 1. The number of carbonyl (C=O) groups excluding carboxylic acids is 3. The lowest BCUT2D eigenvalue weighted by Gasteiger charge is -2.32. The molecule has 3 amide bonds. The Kier molecular flexibility index (Phi) is 12.0. The topological polar surface area (TPSA) is 87.7 Å². The fourth-order valence-corrected chi connectivity index (χ4v) is 3.39. The Morgan fingerprint density at radius 3 is 2.21 bits per heavy atom. The quantitative estimate of drug-likeness (QED) is 0.438. The standard InChI is InChI=1S/C26H43N3O4/c1-8-10-12-16-29(22(30)18-28-25(32)33-26(5,6)7)23(24(31)27-15-11-9-2)21-14-13-19(3)20(4)17-21/h13-14,17,23H,8-12,15-16,18H2,1-7H3,(H,27,31)(H,28,32). The Morgan fingerprint density at radius 1 is 0.970 bits per heavy atom. The highest BCUT2D eigenvalue weighted by molar-refractivity contribution is 5.90. The average Bonchev–Trinajstić information content (AvgIpc) is 2.72. The summed E-state index contributed by atoms with van der Waals surface area (Å²) in [6.07, 6.45) is 3.90. The van der Waals surface area contributed by atoms with Gasteiger partial charge in [-0.05, 0) is 64.2 Å². The molecule has 2 N–H and O–H groups in total. The Balaban J connectivity index is 3.19. The summed E-state index contributed by atoms with van der Waals surface area (Å²) in [5.41, 5.74) is 2.30. The number of hydrogen-bond donors (Lipinski definition) is 2. The second kappa shape index (κ2) is 13.9. The summed E-state index contributed by atoms with van der Waals surface area (Å²) in [5.74, 6) is -0.514. The molecule has 0 fully saturated rings. The lowest BCUT2D eigenvalue weighted by molar-refractivity contribution is -0.140. The van der Waals surface area contributed by atoms with E-state index in [1.54, 1.807) is 25.7 Å². The lowest BCUT2D eigenvalue weighted by atomic mass is 9.98. The molecule has 1 aromatic rings. The molecule has 0 aliphatic rings. The summed E-state index contributed by atoms with van der Waals surface area (Å²) in [7, 11) is 0. The highest BCUT2D eigenvalue weighted by atomic mass is 16.6. The van der Waals surface area contributed by atoms with Crippen molar-refractivity contribution in [2.45, 2.75) is 92.2 Å². The third-order valence-corrected chi connectivity index (χ3v) is 5.34. The molecule has 0 aliphatic carbocycles. The number of unbranched alkanes of at least 4 members (excludes halogenated alkanes) is 3. The molecule has 0 radical (unpaired) electrons. The first-order valence-corrected chi connectivity index (χ1v) is 12.1. The van der Waals surface area contributed by atoms with Gasteiger partial charge in [-0.25, -0.2) is 4.79 Å². The zero-order chi connectivity index (χ0) is 25.0. The summed E-state index contributed by atoms with van der Waals surface area (Å²) < 4.78 is 5.25. The van der Waals surface area contributed by atoms with Gasteiger partial charge in [0.2, 0.25) is 11.8 Å². The number of carbonyl (C=O) groups is 3. The van der Waals surface area contributed by atoms with Crippen molar-refractivity contribution in [1.82, 2.24) is 15.5 Å². The minimum Gasteiger partial charge on any atom is -0.444 e. The normalized spacial score (nSPS) is 12.1. The van der Waals surface area contributed by atoms with Crippen LogP contribution in [0.5, 0.6) is 0 Å². The zero-order valence-corrected chi connectivity index (χ0v) is 21.5. The average molecular weight is 462 g/mol. The minimum absolute atomic E-state index is 0.200. The van der Waals surface area contributed by atoms with E-state index in [0.29, 0.717) is 13.1 Å². The Morgan fingerprint density at radius 2 is 1.64 bits per heavy atom. The first-order chi connectivity index (χ1) is 15.5. The third-order valence-electron chi connectivity index (χ3n) is 5.34. The van der Waals surface area contributed by atoms with Gasteiger partial charge in [-0.2, -0.15) is 0 Å². The van der Waals surface area contributed by atoms with Crippen LogP contribution in [0.1, 0.15) is 89.5 Å². The molecule has 33 heavy (non-hydrogen) atoms. The largest absolute Gasteiger partial charge is 0.444 e. The lowest BCUT2D eigenvalue weighted by Crippen LogP contribution is -2.48. The number of ether oxygens (including phenoxy) is 1. The minimum atomic E-state index is -0.758. The number of benzene rings is 1. The molecule has 1 rings (SSSR count). The van der Waals surface area contributed by atoms with Crippen LogP contribution in [0.15, 0.2) is 18.2 Å². The third kappa shape index (κ3) is 10.3. The van der Waals surface area contributed by atoms with Gasteiger partial charge in [0.05, 0.1) is 0 Å². The molecule has 0 aliphatic heterocycles. The fraction of sp³-hybridized carbons (Fsp3) is 0.654. The summed E-state index contributed by atoms with van der Waals surface area (Å²) in [6, 6.07) is 5.10. The molecule has 1 aromatic carbocycles. The van der Waals surface area contributed by atoms with Gasteiger partial charge in [-0.3, -0.25) is 9.59 Å². The van der Waals surface area contributed by atoms with E-state index < -0.39 is 17.7 Å². The maximum absolute atomic E-state index is 13.3. The predicted molar refractivity (Wildman–Crippen MR) is 132 cm³/mol. The van der Waals surface area contributed by atoms with E-state index in [-0.39, 0.29) is 18.4 Å². The van der Waals surface area contributed by atoms with Crippen LogP contribution in [0.25, 0.3) is 0 Å². The molecule has 0 bridgehead atoms.